The molecular formula is C70H136N2S2+2. The maximum absolute atomic E-state index is 2.26. The fourth-order valence-corrected chi connectivity index (χ4v) is 6.14. The Morgan fingerprint density at radius 1 is 0.311 bits per heavy atom. The van der Waals surface area contributed by atoms with Crippen LogP contribution >= 0.6 is 23.5 Å². The van der Waals surface area contributed by atoms with Gasteiger partial charge in [-0.1, -0.05) is 221 Å². The number of fused-ring (bicyclic) bond motifs is 2. The molecule has 74 heavy (non-hydrogen) atoms. The molecule has 0 N–H and O–H groups in total. The zero-order chi connectivity index (χ0) is 59.8. The molecule has 4 heteroatoms. The predicted octanol–water partition coefficient (Wildman–Crippen LogP) is 23.6. The lowest BCUT2D eigenvalue weighted by Gasteiger charge is -2.13. The summed E-state index contributed by atoms with van der Waals surface area (Å²) in [5, 5.41) is 0. The van der Waals surface area contributed by atoms with Gasteiger partial charge in [0.25, 0.3) is 0 Å². The number of allylic oxidation sites excluding steroid dienone is 4. The van der Waals surface area contributed by atoms with E-state index in [4.69, 9.17) is 0 Å². The molecule has 2 heterocycles. The first-order chi connectivity index (χ1) is 36.1. The number of nitrogens with zero attached hydrogens (tertiary/aromatic N) is 2. The van der Waals surface area contributed by atoms with Crippen molar-refractivity contribution < 1.29 is 9.13 Å². The average Bonchev–Trinajstić information content (AvgIpc) is 3.50. The molecular weight excluding hydrogens is 933 g/mol. The van der Waals surface area contributed by atoms with Crippen LogP contribution in [0.2, 0.25) is 0 Å². The molecule has 2 aliphatic carbocycles. The second kappa shape index (κ2) is 89.5. The van der Waals surface area contributed by atoms with Crippen LogP contribution < -0.4 is 9.13 Å². The molecule has 436 valence electrons. The van der Waals surface area contributed by atoms with Gasteiger partial charge in [-0.25, -0.2) is 9.13 Å². The highest BCUT2D eigenvalue weighted by Crippen LogP contribution is 2.20. The fraction of sp³-hybridized carbons (Fsp3) is 0.629. The van der Waals surface area contributed by atoms with Crippen LogP contribution in [-0.4, -0.2) is 24.0 Å². The lowest BCUT2D eigenvalue weighted by atomic mass is 9.92. The molecule has 2 nitrogen and oxygen atoms in total. The van der Waals surface area contributed by atoms with E-state index in [1.807, 2.05) is 174 Å². The minimum atomic E-state index is 1.14. The summed E-state index contributed by atoms with van der Waals surface area (Å²) in [6.45, 7) is 59.2. The molecule has 4 aromatic rings. The minimum Gasteiger partial charge on any atom is -0.205 e. The highest BCUT2D eigenvalue weighted by atomic mass is 32.2. The number of aromatic nitrogens is 2. The summed E-state index contributed by atoms with van der Waals surface area (Å²) < 4.78 is 4.44. The number of benzene rings is 2. The Morgan fingerprint density at radius 3 is 0.662 bits per heavy atom. The molecule has 0 atom stereocenters. The average molecular weight is 1070 g/mol. The van der Waals surface area contributed by atoms with Crippen LogP contribution in [0.4, 0.5) is 0 Å². The van der Waals surface area contributed by atoms with E-state index in [9.17, 15) is 0 Å². The first kappa shape index (κ1) is 93.4. The molecule has 6 rings (SSSR count). The summed E-state index contributed by atoms with van der Waals surface area (Å²) in [5.74, 6) is 2.50. The van der Waals surface area contributed by atoms with Gasteiger partial charge >= 0.3 is 0 Å². The zero-order valence-electron chi connectivity index (χ0n) is 56.0. The third kappa shape index (κ3) is 71.0. The van der Waals surface area contributed by atoms with Crippen LogP contribution in [0.5, 0.6) is 0 Å². The molecule has 2 aliphatic rings. The monoisotopic (exact) mass is 1070 g/mol. The first-order valence-corrected chi connectivity index (χ1v) is 33.1. The van der Waals surface area contributed by atoms with Gasteiger partial charge in [-0.2, -0.15) is 23.5 Å². The van der Waals surface area contributed by atoms with Gasteiger partial charge in [0.1, 0.15) is 13.1 Å². The Morgan fingerprint density at radius 2 is 0.500 bits per heavy atom. The molecule has 0 fully saturated rings. The third-order valence-corrected chi connectivity index (χ3v) is 11.0. The molecule has 0 amide bonds. The lowest BCUT2D eigenvalue weighted by molar-refractivity contribution is -0.697. The Hall–Kier alpha value is -3.08. The Balaban J connectivity index is -0.0000000783. The quantitative estimate of drug-likeness (QED) is 0.0987. The molecule has 0 bridgehead atoms. The largest absolute Gasteiger partial charge is 0.205 e. The van der Waals surface area contributed by atoms with E-state index in [2.05, 4.69) is 175 Å². The van der Waals surface area contributed by atoms with Crippen LogP contribution in [-0.2, 0) is 38.8 Å². The summed E-state index contributed by atoms with van der Waals surface area (Å²) in [6, 6.07) is 30.0. The van der Waals surface area contributed by atoms with E-state index in [0.717, 1.165) is 13.1 Å². The summed E-state index contributed by atoms with van der Waals surface area (Å²) >= 11 is 3.82. The standard InChI is InChI=1S/2C10H12.2C9H14NS.2C6H12.10C2H6/c2*1-2-6-10-8-4-3-7-9(10)5-1;2*1-11-9-5-8-10-6-3-2-4-7-10;2*1-5(2)6(3)4;10*1-2/h2*1-2,5-6H,3-4,7-8H2;2*2-4,6-7H,5,8-9H2,1H3;2*1-4H3;10*1-2H3/q;;2*+1;;;;;;;;;;;;. The molecule has 0 unspecified atom stereocenters. The van der Waals surface area contributed by atoms with Gasteiger partial charge in [0, 0.05) is 37.1 Å². The number of aryl methyl sites for hydroxylation is 6. The van der Waals surface area contributed by atoms with Crippen molar-refractivity contribution in [3.8, 4) is 0 Å². The smallest absolute Gasteiger partial charge is 0.168 e. The zero-order valence-corrected chi connectivity index (χ0v) is 57.6. The molecule has 2 aromatic heterocycles. The summed E-state index contributed by atoms with van der Waals surface area (Å²) in [4.78, 5) is 0. The van der Waals surface area contributed by atoms with Gasteiger partial charge in [-0.05, 0) is 153 Å². The van der Waals surface area contributed by atoms with Gasteiger partial charge in [0.05, 0.1) is 0 Å². The fourth-order valence-electron chi connectivity index (χ4n) is 5.30. The van der Waals surface area contributed by atoms with Gasteiger partial charge in [-0.15, -0.1) is 0 Å². The number of rotatable bonds is 8. The van der Waals surface area contributed by atoms with Crippen molar-refractivity contribution in [1.29, 1.82) is 0 Å². The Kier molecular flexibility index (Phi) is 113. The van der Waals surface area contributed by atoms with Gasteiger partial charge < -0.3 is 0 Å². The van der Waals surface area contributed by atoms with Crippen molar-refractivity contribution in [3.05, 3.63) is 154 Å². The number of thioether (sulfide) groups is 2. The first-order valence-electron chi connectivity index (χ1n) is 30.3. The van der Waals surface area contributed by atoms with Crippen LogP contribution in [0.25, 0.3) is 0 Å². The van der Waals surface area contributed by atoms with E-state index >= 15 is 0 Å². The second-order valence-corrected chi connectivity index (χ2v) is 16.8. The van der Waals surface area contributed by atoms with Crippen LogP contribution in [0.15, 0.2) is 132 Å². The van der Waals surface area contributed by atoms with Crippen molar-refractivity contribution in [1.82, 2.24) is 0 Å². The number of hydrogen-bond donors (Lipinski definition) is 0. The van der Waals surface area contributed by atoms with E-state index < -0.39 is 0 Å². The molecule has 0 spiro atoms. The van der Waals surface area contributed by atoms with E-state index in [1.165, 1.54) is 98.0 Å². The Bertz CT molecular complexity index is 1360. The molecule has 0 radical (unpaired) electrons. The predicted molar refractivity (Wildman–Crippen MR) is 358 cm³/mol. The van der Waals surface area contributed by atoms with E-state index in [1.54, 1.807) is 22.3 Å². The van der Waals surface area contributed by atoms with Crippen molar-refractivity contribution in [2.75, 3.05) is 24.0 Å². The normalized spacial score (nSPS) is 9.49. The van der Waals surface area contributed by atoms with Crippen LogP contribution in [0, 0.1) is 0 Å². The molecule has 0 saturated heterocycles. The van der Waals surface area contributed by atoms with Crippen molar-refractivity contribution in [2.45, 2.75) is 271 Å². The molecule has 0 saturated carbocycles. The molecule has 0 aliphatic heterocycles. The van der Waals surface area contributed by atoms with Gasteiger partial charge in [0.15, 0.2) is 24.8 Å². The van der Waals surface area contributed by atoms with Crippen LogP contribution in [0.1, 0.15) is 255 Å². The van der Waals surface area contributed by atoms with Crippen molar-refractivity contribution in [3.63, 3.8) is 0 Å². The van der Waals surface area contributed by atoms with Crippen molar-refractivity contribution in [2.24, 2.45) is 0 Å². The van der Waals surface area contributed by atoms with Gasteiger partial charge in [0.2, 0.25) is 0 Å². The summed E-state index contributed by atoms with van der Waals surface area (Å²) in [6.07, 6.45) is 26.0. The van der Waals surface area contributed by atoms with Crippen molar-refractivity contribution >= 4 is 23.5 Å². The Labute approximate surface area is 479 Å². The molecule has 2 aromatic carbocycles. The van der Waals surface area contributed by atoms with Crippen LogP contribution in [0.3, 0.4) is 0 Å². The SMILES string of the molecule is CC.CC.CC.CC.CC.CC.CC.CC.CC.CC.CC(C)=C(C)C.CC(C)=C(C)C.CSCCC[n+]1ccccc1.CSCCC[n+]1ccccc1.c1ccc2c(c1)CCCC2.c1ccc2c(c1)CCCC2. The van der Waals surface area contributed by atoms with E-state index in [-0.39, 0.29) is 0 Å². The topological polar surface area (TPSA) is 7.76 Å². The summed E-state index contributed by atoms with van der Waals surface area (Å²) in [5.41, 5.74) is 12.0. The maximum Gasteiger partial charge on any atom is 0.168 e. The van der Waals surface area contributed by atoms with Gasteiger partial charge in [-0.3, -0.25) is 0 Å². The highest BCUT2D eigenvalue weighted by molar-refractivity contribution is 7.98. The second-order valence-electron chi connectivity index (χ2n) is 14.9. The lowest BCUT2D eigenvalue weighted by Crippen LogP contribution is -2.32. The number of hydrogen-bond acceptors (Lipinski definition) is 2. The maximum atomic E-state index is 2.26. The third-order valence-electron chi connectivity index (χ3n) is 9.61. The number of pyridine rings is 2. The van der Waals surface area contributed by atoms with E-state index in [0.29, 0.717) is 0 Å². The minimum absolute atomic E-state index is 1.14. The summed E-state index contributed by atoms with van der Waals surface area (Å²) in [7, 11) is 0. The highest BCUT2D eigenvalue weighted by Gasteiger charge is 2.07.